The first kappa shape index (κ1) is 10.1. The van der Waals surface area contributed by atoms with Crippen LogP contribution >= 0.6 is 0 Å². The summed E-state index contributed by atoms with van der Waals surface area (Å²) in [4.78, 5) is 2.70. The molecule has 3 unspecified atom stereocenters. The van der Waals surface area contributed by atoms with E-state index in [1.165, 1.54) is 32.4 Å². The monoisotopic (exact) mass is 209 g/mol. The van der Waals surface area contributed by atoms with Crippen LogP contribution in [0.25, 0.3) is 0 Å². The molecule has 2 bridgehead atoms. The van der Waals surface area contributed by atoms with E-state index in [0.29, 0.717) is 5.41 Å². The molecule has 2 heteroatoms. The van der Waals surface area contributed by atoms with Crippen molar-refractivity contribution in [2.45, 2.75) is 39.2 Å². The van der Waals surface area contributed by atoms with Gasteiger partial charge in [-0.3, -0.25) is 4.90 Å². The first-order valence-corrected chi connectivity index (χ1v) is 6.51. The second-order valence-corrected chi connectivity index (χ2v) is 6.15. The van der Waals surface area contributed by atoms with E-state index in [9.17, 15) is 0 Å². The third-order valence-electron chi connectivity index (χ3n) is 5.34. The Balaban J connectivity index is 1.70. The Hall–Kier alpha value is -0.0800. The quantitative estimate of drug-likeness (QED) is 0.656. The molecule has 1 saturated heterocycles. The van der Waals surface area contributed by atoms with Crippen molar-refractivity contribution in [1.82, 2.24) is 4.90 Å². The van der Waals surface area contributed by atoms with Gasteiger partial charge in [0, 0.05) is 19.1 Å². The van der Waals surface area contributed by atoms with E-state index in [1.807, 2.05) is 0 Å². The number of hydrogen-bond donors (Lipinski definition) is 0. The van der Waals surface area contributed by atoms with Crippen molar-refractivity contribution >= 4 is 0 Å². The minimum absolute atomic E-state index is 0.626. The van der Waals surface area contributed by atoms with E-state index < -0.39 is 0 Å². The predicted octanol–water partition coefficient (Wildman–Crippen LogP) is 2.14. The number of rotatable bonds is 1. The molecule has 0 spiro atoms. The molecular weight excluding hydrogens is 186 g/mol. The second kappa shape index (κ2) is 3.46. The normalized spacial score (nSPS) is 44.8. The molecule has 0 radical (unpaired) electrons. The van der Waals surface area contributed by atoms with Crippen LogP contribution in [0.4, 0.5) is 0 Å². The Kier molecular flexibility index (Phi) is 2.33. The maximum Gasteiger partial charge on any atom is 0.0594 e. The van der Waals surface area contributed by atoms with Gasteiger partial charge in [-0.1, -0.05) is 13.8 Å². The number of ether oxygens (including phenoxy) is 1. The fourth-order valence-electron chi connectivity index (χ4n) is 4.12. The maximum atomic E-state index is 5.45. The third kappa shape index (κ3) is 1.45. The SMILES string of the molecule is CC1(C)C2CCC(N3CCOCC3)C1C2. The molecule has 0 aromatic heterocycles. The number of morpholine rings is 1. The van der Waals surface area contributed by atoms with Gasteiger partial charge in [-0.2, -0.15) is 0 Å². The summed E-state index contributed by atoms with van der Waals surface area (Å²) in [5.41, 5.74) is 0.626. The molecule has 3 saturated carbocycles. The molecule has 86 valence electrons. The second-order valence-electron chi connectivity index (χ2n) is 6.15. The van der Waals surface area contributed by atoms with Crippen LogP contribution < -0.4 is 0 Å². The Morgan fingerprint density at radius 3 is 2.47 bits per heavy atom. The lowest BCUT2D eigenvalue weighted by Gasteiger charge is -2.62. The van der Waals surface area contributed by atoms with E-state index >= 15 is 0 Å². The highest BCUT2D eigenvalue weighted by atomic mass is 16.5. The molecule has 4 aliphatic rings. The Bertz CT molecular complexity index is 243. The van der Waals surface area contributed by atoms with Gasteiger partial charge in [0.25, 0.3) is 0 Å². The fourth-order valence-corrected chi connectivity index (χ4v) is 4.12. The highest BCUT2D eigenvalue weighted by Crippen LogP contribution is 2.60. The number of nitrogens with zero attached hydrogens (tertiary/aromatic N) is 1. The number of hydrogen-bond acceptors (Lipinski definition) is 2. The van der Waals surface area contributed by atoms with Crippen molar-refractivity contribution in [3.63, 3.8) is 0 Å². The Morgan fingerprint density at radius 2 is 1.87 bits per heavy atom. The lowest BCUT2D eigenvalue weighted by Crippen LogP contribution is -2.61. The highest BCUT2D eigenvalue weighted by Gasteiger charge is 2.55. The number of fused-ring (bicyclic) bond motifs is 2. The molecule has 2 nitrogen and oxygen atoms in total. The summed E-state index contributed by atoms with van der Waals surface area (Å²) in [6, 6.07) is 0.869. The fraction of sp³-hybridized carbons (Fsp3) is 1.00. The van der Waals surface area contributed by atoms with Crippen molar-refractivity contribution < 1.29 is 4.74 Å². The molecule has 3 aliphatic carbocycles. The molecule has 4 rings (SSSR count). The van der Waals surface area contributed by atoms with Crippen molar-refractivity contribution in [2.24, 2.45) is 17.3 Å². The van der Waals surface area contributed by atoms with Crippen molar-refractivity contribution in [2.75, 3.05) is 26.3 Å². The Labute approximate surface area is 93.0 Å². The zero-order valence-corrected chi connectivity index (χ0v) is 10.0. The smallest absolute Gasteiger partial charge is 0.0594 e. The molecule has 1 heterocycles. The molecule has 0 aromatic rings. The van der Waals surface area contributed by atoms with Crippen LogP contribution in [0.15, 0.2) is 0 Å². The van der Waals surface area contributed by atoms with Crippen molar-refractivity contribution in [3.05, 3.63) is 0 Å². The Morgan fingerprint density at radius 1 is 1.13 bits per heavy atom. The summed E-state index contributed by atoms with van der Waals surface area (Å²) >= 11 is 0. The van der Waals surface area contributed by atoms with Gasteiger partial charge >= 0.3 is 0 Å². The van der Waals surface area contributed by atoms with Gasteiger partial charge in [0.1, 0.15) is 0 Å². The van der Waals surface area contributed by atoms with Gasteiger partial charge in [0.15, 0.2) is 0 Å². The summed E-state index contributed by atoms with van der Waals surface area (Å²) < 4.78 is 5.45. The van der Waals surface area contributed by atoms with Gasteiger partial charge in [-0.25, -0.2) is 0 Å². The molecule has 1 aliphatic heterocycles. The van der Waals surface area contributed by atoms with Crippen LogP contribution in [0.1, 0.15) is 33.1 Å². The standard InChI is InChI=1S/C13H23NO/c1-13(2)10-3-4-12(11(13)9-10)14-5-7-15-8-6-14/h10-12H,3-9H2,1-2H3. The zero-order valence-electron chi connectivity index (χ0n) is 10.0. The van der Waals surface area contributed by atoms with Crippen molar-refractivity contribution in [1.29, 1.82) is 0 Å². The summed E-state index contributed by atoms with van der Waals surface area (Å²) in [6.07, 6.45) is 4.40. The van der Waals surface area contributed by atoms with Gasteiger partial charge in [-0.05, 0) is 36.5 Å². The van der Waals surface area contributed by atoms with Crippen molar-refractivity contribution in [3.8, 4) is 0 Å². The lowest BCUT2D eigenvalue weighted by molar-refractivity contribution is -0.133. The summed E-state index contributed by atoms with van der Waals surface area (Å²) in [6.45, 7) is 9.21. The van der Waals surface area contributed by atoms with E-state index in [-0.39, 0.29) is 0 Å². The molecule has 0 N–H and O–H groups in total. The van der Waals surface area contributed by atoms with Crippen LogP contribution in [-0.2, 0) is 4.74 Å². The average molecular weight is 209 g/mol. The third-order valence-corrected chi connectivity index (χ3v) is 5.34. The largest absolute Gasteiger partial charge is 0.379 e. The first-order chi connectivity index (χ1) is 7.19. The molecule has 0 amide bonds. The highest BCUT2D eigenvalue weighted by molar-refractivity contribution is 5.06. The van der Waals surface area contributed by atoms with Gasteiger partial charge in [-0.15, -0.1) is 0 Å². The predicted molar refractivity (Wildman–Crippen MR) is 60.8 cm³/mol. The lowest BCUT2D eigenvalue weighted by atomic mass is 9.47. The minimum atomic E-state index is 0.626. The van der Waals surface area contributed by atoms with E-state index in [0.717, 1.165) is 31.1 Å². The van der Waals surface area contributed by atoms with Crippen LogP contribution in [0, 0.1) is 17.3 Å². The van der Waals surface area contributed by atoms with Gasteiger partial charge in [0.05, 0.1) is 13.2 Å². The van der Waals surface area contributed by atoms with Gasteiger partial charge < -0.3 is 4.74 Å². The molecule has 4 fully saturated rings. The topological polar surface area (TPSA) is 12.5 Å². The van der Waals surface area contributed by atoms with Gasteiger partial charge in [0.2, 0.25) is 0 Å². The molecular formula is C13H23NO. The summed E-state index contributed by atoms with van der Waals surface area (Å²) in [5, 5.41) is 0. The maximum absolute atomic E-state index is 5.45. The van der Waals surface area contributed by atoms with E-state index in [2.05, 4.69) is 18.7 Å². The van der Waals surface area contributed by atoms with Crippen LogP contribution in [0.2, 0.25) is 0 Å². The molecule has 3 atom stereocenters. The van der Waals surface area contributed by atoms with Crippen LogP contribution in [0.3, 0.4) is 0 Å². The minimum Gasteiger partial charge on any atom is -0.379 e. The zero-order chi connectivity index (χ0) is 10.5. The molecule has 15 heavy (non-hydrogen) atoms. The van der Waals surface area contributed by atoms with E-state index in [1.54, 1.807) is 0 Å². The average Bonchev–Trinajstić information content (AvgIpc) is 2.30. The first-order valence-electron chi connectivity index (χ1n) is 6.51. The van der Waals surface area contributed by atoms with E-state index in [4.69, 9.17) is 4.74 Å². The van der Waals surface area contributed by atoms with Crippen LogP contribution in [-0.4, -0.2) is 37.2 Å². The summed E-state index contributed by atoms with van der Waals surface area (Å²) in [5.74, 6) is 1.99. The summed E-state index contributed by atoms with van der Waals surface area (Å²) in [7, 11) is 0. The van der Waals surface area contributed by atoms with Crippen LogP contribution in [0.5, 0.6) is 0 Å². The molecule has 0 aromatic carbocycles.